The molecule has 0 unspecified atom stereocenters. The normalized spacial score (nSPS) is 11.4. The second-order valence-electron chi connectivity index (χ2n) is 7.03. The number of hydrogen-bond acceptors (Lipinski definition) is 4. The Balaban J connectivity index is 1.71. The van der Waals surface area contributed by atoms with Crippen molar-refractivity contribution >= 4 is 28.4 Å². The van der Waals surface area contributed by atoms with Crippen LogP contribution in [0.3, 0.4) is 0 Å². The fourth-order valence-electron chi connectivity index (χ4n) is 3.47. The molecule has 5 nitrogen and oxygen atoms in total. The van der Waals surface area contributed by atoms with Crippen LogP contribution in [-0.2, 0) is 5.75 Å². The number of aryl methyl sites for hydroxylation is 1. The molecule has 2 aromatic heterocycles. The first-order valence-corrected chi connectivity index (χ1v) is 10.4. The van der Waals surface area contributed by atoms with Gasteiger partial charge in [-0.15, -0.1) is 10.2 Å². The summed E-state index contributed by atoms with van der Waals surface area (Å²) in [6.07, 6.45) is 0. The van der Waals surface area contributed by atoms with Gasteiger partial charge in [0, 0.05) is 5.75 Å². The average Bonchev–Trinajstić information content (AvgIpc) is 3.17. The van der Waals surface area contributed by atoms with Crippen molar-refractivity contribution < 1.29 is 4.39 Å². The lowest BCUT2D eigenvalue weighted by molar-refractivity contribution is 0.626. The molecule has 2 heterocycles. The third-order valence-corrected chi connectivity index (χ3v) is 5.94. The van der Waals surface area contributed by atoms with Gasteiger partial charge in [0.2, 0.25) is 5.78 Å². The fraction of sp³-hybridized carbons (Fsp3) is 0.0870. The zero-order valence-corrected chi connectivity index (χ0v) is 16.9. The quantitative estimate of drug-likeness (QED) is 0.396. The van der Waals surface area contributed by atoms with Crippen molar-refractivity contribution in [1.29, 1.82) is 0 Å². The van der Waals surface area contributed by atoms with E-state index in [0.717, 1.165) is 22.3 Å². The zero-order valence-electron chi connectivity index (χ0n) is 16.1. The van der Waals surface area contributed by atoms with Gasteiger partial charge in [-0.2, -0.15) is 0 Å². The molecule has 0 aliphatic carbocycles. The average molecular weight is 416 g/mol. The standard InChI is InChI=1S/C23H17FN4OS/c1-15-9-11-18(12-10-15)27-21(29)19-7-2-3-8-20(19)28-22(27)25-26-23(28)30-14-16-5-4-6-17(24)13-16/h2-13H,14H2,1H3. The van der Waals surface area contributed by atoms with Crippen molar-refractivity contribution in [3.63, 3.8) is 0 Å². The first kappa shape index (κ1) is 18.6. The molecule has 30 heavy (non-hydrogen) atoms. The highest BCUT2D eigenvalue weighted by Gasteiger charge is 2.17. The lowest BCUT2D eigenvalue weighted by atomic mass is 10.2. The molecule has 0 aliphatic heterocycles. The summed E-state index contributed by atoms with van der Waals surface area (Å²) < 4.78 is 17.0. The smallest absolute Gasteiger partial charge is 0.267 e. The van der Waals surface area contributed by atoms with E-state index in [1.54, 1.807) is 10.6 Å². The van der Waals surface area contributed by atoms with Crippen molar-refractivity contribution in [2.24, 2.45) is 0 Å². The molecule has 0 saturated carbocycles. The molecule has 0 bridgehead atoms. The molecule has 0 saturated heterocycles. The van der Waals surface area contributed by atoms with Gasteiger partial charge in [-0.25, -0.2) is 8.96 Å². The molecule has 0 radical (unpaired) electrons. The Hall–Kier alpha value is -3.45. The Morgan fingerprint density at radius 2 is 1.77 bits per heavy atom. The van der Waals surface area contributed by atoms with E-state index in [2.05, 4.69) is 10.2 Å². The fourth-order valence-corrected chi connectivity index (χ4v) is 4.36. The molecule has 0 fully saturated rings. The lowest BCUT2D eigenvalue weighted by Gasteiger charge is -2.11. The summed E-state index contributed by atoms with van der Waals surface area (Å²) in [7, 11) is 0. The van der Waals surface area contributed by atoms with E-state index < -0.39 is 0 Å². The van der Waals surface area contributed by atoms with Crippen LogP contribution in [0.25, 0.3) is 22.4 Å². The number of aromatic nitrogens is 4. The van der Waals surface area contributed by atoms with Crippen LogP contribution in [0.4, 0.5) is 4.39 Å². The molecule has 5 aromatic rings. The van der Waals surface area contributed by atoms with Gasteiger partial charge in [-0.05, 0) is 48.9 Å². The van der Waals surface area contributed by atoms with E-state index in [9.17, 15) is 9.18 Å². The number of fused-ring (bicyclic) bond motifs is 3. The van der Waals surface area contributed by atoms with Crippen molar-refractivity contribution in [3.05, 3.63) is 100 Å². The van der Waals surface area contributed by atoms with Gasteiger partial charge in [-0.1, -0.05) is 53.7 Å². The number of halogens is 1. The van der Waals surface area contributed by atoms with E-state index in [0.29, 0.717) is 22.1 Å². The Kier molecular flexibility index (Phi) is 4.59. The van der Waals surface area contributed by atoms with Crippen LogP contribution >= 0.6 is 11.8 Å². The van der Waals surface area contributed by atoms with Crippen molar-refractivity contribution in [1.82, 2.24) is 19.2 Å². The number of para-hydroxylation sites is 1. The highest BCUT2D eigenvalue weighted by atomic mass is 32.2. The molecule has 148 valence electrons. The summed E-state index contributed by atoms with van der Waals surface area (Å²) in [6, 6.07) is 21.7. The summed E-state index contributed by atoms with van der Waals surface area (Å²) in [6.45, 7) is 2.00. The molecule has 7 heteroatoms. The van der Waals surface area contributed by atoms with Crippen LogP contribution in [0.5, 0.6) is 0 Å². The van der Waals surface area contributed by atoms with Gasteiger partial charge in [0.05, 0.1) is 16.6 Å². The molecular weight excluding hydrogens is 399 g/mol. The van der Waals surface area contributed by atoms with E-state index in [1.807, 2.05) is 65.9 Å². The summed E-state index contributed by atoms with van der Waals surface area (Å²) in [5.74, 6) is 0.721. The van der Waals surface area contributed by atoms with Crippen LogP contribution in [0.1, 0.15) is 11.1 Å². The minimum absolute atomic E-state index is 0.143. The van der Waals surface area contributed by atoms with Crippen molar-refractivity contribution in [2.45, 2.75) is 17.8 Å². The summed E-state index contributed by atoms with van der Waals surface area (Å²) >= 11 is 1.45. The molecule has 0 N–H and O–H groups in total. The zero-order chi connectivity index (χ0) is 20.7. The monoisotopic (exact) mass is 416 g/mol. The number of rotatable bonds is 4. The summed E-state index contributed by atoms with van der Waals surface area (Å²) in [5.41, 5.74) is 3.29. The Morgan fingerprint density at radius 3 is 2.57 bits per heavy atom. The molecule has 0 aliphatic rings. The first-order valence-electron chi connectivity index (χ1n) is 9.45. The molecule has 0 spiro atoms. The molecular formula is C23H17FN4OS. The van der Waals surface area contributed by atoms with Crippen LogP contribution in [-0.4, -0.2) is 19.2 Å². The maximum Gasteiger partial charge on any atom is 0.267 e. The van der Waals surface area contributed by atoms with Gasteiger partial charge in [0.25, 0.3) is 5.56 Å². The van der Waals surface area contributed by atoms with Gasteiger partial charge in [0.1, 0.15) is 5.82 Å². The third kappa shape index (κ3) is 3.17. The van der Waals surface area contributed by atoms with Gasteiger partial charge >= 0.3 is 0 Å². The van der Waals surface area contributed by atoms with Crippen LogP contribution in [0.15, 0.2) is 82.7 Å². The van der Waals surface area contributed by atoms with E-state index in [1.165, 1.54) is 23.9 Å². The third-order valence-electron chi connectivity index (χ3n) is 4.94. The molecule has 3 aromatic carbocycles. The SMILES string of the molecule is Cc1ccc(-n2c(=O)c3ccccc3n3c(SCc4cccc(F)c4)nnc23)cc1. The van der Waals surface area contributed by atoms with Gasteiger partial charge < -0.3 is 0 Å². The predicted molar refractivity (Wildman–Crippen MR) is 117 cm³/mol. The van der Waals surface area contributed by atoms with Crippen LogP contribution in [0.2, 0.25) is 0 Å². The topological polar surface area (TPSA) is 52.2 Å². The number of nitrogens with zero attached hydrogens (tertiary/aromatic N) is 4. The molecule has 5 rings (SSSR count). The van der Waals surface area contributed by atoms with E-state index in [-0.39, 0.29) is 11.4 Å². The Bertz CT molecular complexity index is 1440. The van der Waals surface area contributed by atoms with Gasteiger partial charge in [0.15, 0.2) is 5.16 Å². The Labute approximate surface area is 175 Å². The second kappa shape index (κ2) is 7.42. The summed E-state index contributed by atoms with van der Waals surface area (Å²) in [4.78, 5) is 13.3. The first-order chi connectivity index (χ1) is 14.6. The minimum Gasteiger partial charge on any atom is -0.268 e. The number of benzene rings is 3. The largest absolute Gasteiger partial charge is 0.268 e. The van der Waals surface area contributed by atoms with E-state index >= 15 is 0 Å². The van der Waals surface area contributed by atoms with Crippen molar-refractivity contribution in [2.75, 3.05) is 0 Å². The second-order valence-corrected chi connectivity index (χ2v) is 7.97. The highest BCUT2D eigenvalue weighted by molar-refractivity contribution is 7.98. The summed E-state index contributed by atoms with van der Waals surface area (Å²) in [5, 5.41) is 9.92. The lowest BCUT2D eigenvalue weighted by Crippen LogP contribution is -2.21. The Morgan fingerprint density at radius 1 is 0.967 bits per heavy atom. The van der Waals surface area contributed by atoms with Gasteiger partial charge in [-0.3, -0.25) is 9.20 Å². The highest BCUT2D eigenvalue weighted by Crippen LogP contribution is 2.26. The molecule has 0 atom stereocenters. The predicted octanol–water partition coefficient (Wildman–Crippen LogP) is 4.77. The van der Waals surface area contributed by atoms with Crippen LogP contribution < -0.4 is 5.56 Å². The molecule has 0 amide bonds. The van der Waals surface area contributed by atoms with E-state index in [4.69, 9.17) is 0 Å². The maximum atomic E-state index is 13.5. The van der Waals surface area contributed by atoms with Crippen LogP contribution in [0, 0.1) is 12.7 Å². The number of hydrogen-bond donors (Lipinski definition) is 0. The maximum absolute atomic E-state index is 13.5. The number of thioether (sulfide) groups is 1. The van der Waals surface area contributed by atoms with Crippen molar-refractivity contribution in [3.8, 4) is 5.69 Å². The minimum atomic E-state index is -0.266.